The number of nitrogens with one attached hydrogen (secondary N) is 2. The Morgan fingerprint density at radius 1 is 1.16 bits per heavy atom. The lowest BCUT2D eigenvalue weighted by molar-refractivity contribution is 0.0950. The number of halogens is 1. The summed E-state index contributed by atoms with van der Waals surface area (Å²) < 4.78 is 25.2. The van der Waals surface area contributed by atoms with E-state index >= 15 is 0 Å². The van der Waals surface area contributed by atoms with Crippen molar-refractivity contribution >= 4 is 33.4 Å². The average Bonchev–Trinajstić information content (AvgIpc) is 2.65. The van der Waals surface area contributed by atoms with Crippen molar-refractivity contribution < 1.29 is 13.2 Å². The van der Waals surface area contributed by atoms with Gasteiger partial charge in [-0.15, -0.1) is 4.24 Å². The molecule has 132 valence electrons. The van der Waals surface area contributed by atoms with Crippen LogP contribution in [0.3, 0.4) is 0 Å². The van der Waals surface area contributed by atoms with Crippen LogP contribution < -0.4 is 14.7 Å². The molecule has 25 heavy (non-hydrogen) atoms. The molecule has 0 saturated heterocycles. The van der Waals surface area contributed by atoms with E-state index in [2.05, 4.69) is 5.43 Å². The van der Waals surface area contributed by atoms with Gasteiger partial charge in [-0.25, -0.2) is 8.42 Å². The van der Waals surface area contributed by atoms with Crippen LogP contribution in [0.1, 0.15) is 17.3 Å². The Balaban J connectivity index is 2.25. The molecule has 0 heterocycles. The van der Waals surface area contributed by atoms with Crippen LogP contribution in [0.2, 0.25) is 0 Å². The highest BCUT2D eigenvalue weighted by molar-refractivity contribution is 7.90. The van der Waals surface area contributed by atoms with Crippen LogP contribution >= 0.6 is 11.8 Å². The van der Waals surface area contributed by atoms with Crippen molar-refractivity contribution in [3.8, 4) is 0 Å². The Morgan fingerprint density at radius 3 is 2.52 bits per heavy atom. The summed E-state index contributed by atoms with van der Waals surface area (Å²) in [5, 5.41) is 1.67. The molecule has 0 aliphatic carbocycles. The predicted octanol–water partition coefficient (Wildman–Crippen LogP) is 2.85. The highest BCUT2D eigenvalue weighted by atomic mass is 35.5. The number of nitrogens with zero attached hydrogens (tertiary/aromatic N) is 1. The lowest BCUT2D eigenvalue weighted by Gasteiger charge is -2.24. The second-order valence-electron chi connectivity index (χ2n) is 5.06. The number of amides is 1. The van der Waals surface area contributed by atoms with Crippen LogP contribution in [0.4, 0.5) is 5.69 Å². The first kappa shape index (κ1) is 19.0. The average molecular weight is 380 g/mol. The molecule has 0 atom stereocenters. The van der Waals surface area contributed by atoms with Crippen LogP contribution in [0.5, 0.6) is 0 Å². The molecular weight excluding hydrogens is 362 g/mol. The lowest BCUT2D eigenvalue weighted by Crippen LogP contribution is -2.42. The van der Waals surface area contributed by atoms with Gasteiger partial charge in [-0.05, 0) is 49.0 Å². The third-order valence-corrected chi connectivity index (χ3v) is 5.02. The molecule has 6 nitrogen and oxygen atoms in total. The Morgan fingerprint density at radius 2 is 1.88 bits per heavy atom. The fourth-order valence-corrected chi connectivity index (χ4v) is 2.97. The lowest BCUT2D eigenvalue weighted by atomic mass is 10.2. The van der Waals surface area contributed by atoms with Crippen molar-refractivity contribution in [2.24, 2.45) is 0 Å². The van der Waals surface area contributed by atoms with Crippen molar-refractivity contribution in [1.82, 2.24) is 9.67 Å². The van der Waals surface area contributed by atoms with E-state index in [-0.39, 0.29) is 10.5 Å². The highest BCUT2D eigenvalue weighted by Gasteiger charge is 2.16. The fourth-order valence-electron chi connectivity index (χ4n) is 2.07. The molecule has 0 fully saturated rings. The Hall–Kier alpha value is -2.35. The van der Waals surface area contributed by atoms with Gasteiger partial charge in [0.25, 0.3) is 15.9 Å². The monoisotopic (exact) mass is 379 g/mol. The molecule has 0 saturated carbocycles. The number of para-hydroxylation sites is 1. The minimum atomic E-state index is -3.84. The quantitative estimate of drug-likeness (QED) is 0.440. The molecule has 2 N–H and O–H groups in total. The van der Waals surface area contributed by atoms with Crippen molar-refractivity contribution in [1.29, 1.82) is 0 Å². The summed E-state index contributed by atoms with van der Waals surface area (Å²) in [4.78, 5) is 12.4. The summed E-state index contributed by atoms with van der Waals surface area (Å²) in [5.74, 6) is -0.431. The van der Waals surface area contributed by atoms with Gasteiger partial charge < -0.3 is 0 Å². The topological polar surface area (TPSA) is 78.5 Å². The van der Waals surface area contributed by atoms with Crippen molar-refractivity contribution in [2.45, 2.75) is 11.8 Å². The number of sulfonamides is 1. The molecular formula is C17H18ClN3O3S. The molecule has 8 heteroatoms. The third-order valence-electron chi connectivity index (χ3n) is 3.34. The van der Waals surface area contributed by atoms with Crippen LogP contribution in [0, 0.1) is 0 Å². The summed E-state index contributed by atoms with van der Waals surface area (Å²) in [6, 6.07) is 15.0. The maximum absolute atomic E-state index is 12.5. The minimum Gasteiger partial charge on any atom is -0.281 e. The number of hydrazine groups is 1. The Bertz CT molecular complexity index is 854. The maximum atomic E-state index is 12.5. The zero-order valence-electron chi connectivity index (χ0n) is 13.5. The van der Waals surface area contributed by atoms with E-state index in [4.69, 9.17) is 11.8 Å². The van der Waals surface area contributed by atoms with E-state index in [1.54, 1.807) is 9.25 Å². The minimum absolute atomic E-state index is 0.0881. The SMILES string of the molecule is C/C=C/CN(NC(=O)c1cccc(S(=O)(=O)NCl)c1)c1ccccc1. The summed E-state index contributed by atoms with van der Waals surface area (Å²) in [5.41, 5.74) is 3.78. The van der Waals surface area contributed by atoms with E-state index in [1.165, 1.54) is 24.3 Å². The first-order valence-electron chi connectivity index (χ1n) is 7.45. The smallest absolute Gasteiger partial charge is 0.269 e. The number of hydrogen-bond donors (Lipinski definition) is 2. The van der Waals surface area contributed by atoms with E-state index in [9.17, 15) is 13.2 Å². The zero-order chi connectivity index (χ0) is 18.3. The van der Waals surface area contributed by atoms with E-state index in [0.717, 1.165) is 5.69 Å². The summed E-state index contributed by atoms with van der Waals surface area (Å²) in [7, 11) is -3.84. The molecule has 0 radical (unpaired) electrons. The summed E-state index contributed by atoms with van der Waals surface area (Å²) >= 11 is 5.23. The number of hydrogen-bond acceptors (Lipinski definition) is 4. The fraction of sp³-hybridized carbons (Fsp3) is 0.118. The number of rotatable bonds is 7. The van der Waals surface area contributed by atoms with Gasteiger partial charge in [0.1, 0.15) is 0 Å². The second-order valence-corrected chi connectivity index (χ2v) is 7.16. The third kappa shape index (κ3) is 5.06. The van der Waals surface area contributed by atoms with Crippen LogP contribution in [-0.2, 0) is 10.0 Å². The van der Waals surface area contributed by atoms with E-state index < -0.39 is 15.9 Å². The molecule has 1 amide bonds. The highest BCUT2D eigenvalue weighted by Crippen LogP contribution is 2.14. The van der Waals surface area contributed by atoms with Gasteiger partial charge in [0.15, 0.2) is 0 Å². The maximum Gasteiger partial charge on any atom is 0.269 e. The summed E-state index contributed by atoms with van der Waals surface area (Å²) in [6.45, 7) is 2.35. The van der Waals surface area contributed by atoms with Crippen molar-refractivity contribution in [3.05, 3.63) is 72.3 Å². The van der Waals surface area contributed by atoms with Crippen LogP contribution in [0.15, 0.2) is 71.6 Å². The molecule has 0 aliphatic heterocycles. The number of carbonyl (C=O) groups is 1. The molecule has 2 aromatic rings. The molecule has 0 unspecified atom stereocenters. The number of allylic oxidation sites excluding steroid dienone is 1. The number of carbonyl (C=O) groups excluding carboxylic acids is 1. The van der Waals surface area contributed by atoms with Gasteiger partial charge in [-0.1, -0.05) is 36.4 Å². The van der Waals surface area contributed by atoms with Crippen molar-refractivity contribution in [3.63, 3.8) is 0 Å². The molecule has 2 aromatic carbocycles. The predicted molar refractivity (Wildman–Crippen MR) is 98.7 cm³/mol. The van der Waals surface area contributed by atoms with Gasteiger partial charge in [0.2, 0.25) is 0 Å². The van der Waals surface area contributed by atoms with Gasteiger partial charge in [0, 0.05) is 5.56 Å². The van der Waals surface area contributed by atoms with Crippen LogP contribution in [0.25, 0.3) is 0 Å². The first-order chi connectivity index (χ1) is 12.0. The zero-order valence-corrected chi connectivity index (χ0v) is 15.1. The van der Waals surface area contributed by atoms with Gasteiger partial charge in [0.05, 0.1) is 17.1 Å². The second kappa shape index (κ2) is 8.66. The molecule has 0 aromatic heterocycles. The normalized spacial score (nSPS) is 11.4. The molecule has 0 bridgehead atoms. The standard InChI is InChI=1S/C17H18ClN3O3S/c1-2-3-12-21(15-9-5-4-6-10-15)19-17(22)14-8-7-11-16(13-14)25(23,24)20-18/h2-11,13,20H,12H2,1H3,(H,19,22)/b3-2+. The summed E-state index contributed by atoms with van der Waals surface area (Å²) in [6.07, 6.45) is 3.77. The van der Waals surface area contributed by atoms with E-state index in [1.807, 2.05) is 49.4 Å². The van der Waals surface area contributed by atoms with Gasteiger partial charge in [-0.2, -0.15) is 0 Å². The van der Waals surface area contributed by atoms with Gasteiger partial charge >= 0.3 is 0 Å². The van der Waals surface area contributed by atoms with Crippen molar-refractivity contribution in [2.75, 3.05) is 11.6 Å². The largest absolute Gasteiger partial charge is 0.281 e. The molecule has 0 spiro atoms. The Labute approximate surface area is 152 Å². The molecule has 2 rings (SSSR count). The van der Waals surface area contributed by atoms with E-state index in [0.29, 0.717) is 6.54 Å². The van der Waals surface area contributed by atoms with Gasteiger partial charge in [-0.3, -0.25) is 15.2 Å². The number of benzene rings is 2. The molecule has 0 aliphatic rings. The first-order valence-corrected chi connectivity index (χ1v) is 9.31. The number of anilines is 1. The van der Waals surface area contributed by atoms with Crippen LogP contribution in [-0.4, -0.2) is 20.9 Å². The Kier molecular flexibility index (Phi) is 6.58.